The molecule has 2 amide bonds. The molecule has 14 heteroatoms. The summed E-state index contributed by atoms with van der Waals surface area (Å²) in [5, 5.41) is 4.95. The summed E-state index contributed by atoms with van der Waals surface area (Å²) >= 11 is 0. The molecule has 42 heavy (non-hydrogen) atoms. The van der Waals surface area contributed by atoms with Crippen LogP contribution in [0.25, 0.3) is 0 Å². The van der Waals surface area contributed by atoms with Gasteiger partial charge < -0.3 is 10.6 Å². The molecule has 0 saturated heterocycles. The van der Waals surface area contributed by atoms with Crippen LogP contribution < -0.4 is 10.6 Å². The number of hydrogen-bond donors (Lipinski definition) is 2. The van der Waals surface area contributed by atoms with E-state index in [0.717, 1.165) is 24.3 Å². The molecule has 0 atom stereocenters. The molecule has 3 rings (SSSR count). The number of carbonyl (C=O) groups is 6. The van der Waals surface area contributed by atoms with Crippen LogP contribution in [0.4, 0.5) is 26.3 Å². The summed E-state index contributed by atoms with van der Waals surface area (Å²) in [5.74, 6) is -5.87. The summed E-state index contributed by atoms with van der Waals surface area (Å²) in [6.07, 6.45) is -9.65. The van der Waals surface area contributed by atoms with Gasteiger partial charge in [0.2, 0.25) is 11.6 Å². The lowest BCUT2D eigenvalue weighted by molar-refractivity contribution is -0.138. The van der Waals surface area contributed by atoms with Gasteiger partial charge in [-0.15, -0.1) is 0 Å². The van der Waals surface area contributed by atoms with Gasteiger partial charge in [-0.3, -0.25) is 28.8 Å². The van der Waals surface area contributed by atoms with Crippen LogP contribution in [0.3, 0.4) is 0 Å². The summed E-state index contributed by atoms with van der Waals surface area (Å²) in [5.41, 5.74) is -2.25. The predicted octanol–water partition coefficient (Wildman–Crippen LogP) is 4.25. The number of amides is 2. The summed E-state index contributed by atoms with van der Waals surface area (Å²) < 4.78 is 75.9. The smallest absolute Gasteiger partial charge is 0.347 e. The van der Waals surface area contributed by atoms with Crippen LogP contribution in [0, 0.1) is 0 Å². The molecule has 224 valence electrons. The number of Topliss-reactive ketones (excluding diaryl/α,β-unsaturated/α-hetero) is 4. The Morgan fingerprint density at radius 2 is 0.833 bits per heavy atom. The third-order valence-corrected chi connectivity index (χ3v) is 6.61. The number of nitrogens with one attached hydrogen (secondary N) is 2. The maximum atomic E-state index is 12.7. The van der Waals surface area contributed by atoms with Crippen LogP contribution in [-0.2, 0) is 31.5 Å². The molecule has 0 bridgehead atoms. The maximum absolute atomic E-state index is 12.7. The van der Waals surface area contributed by atoms with Crippen LogP contribution in [-0.4, -0.2) is 47.0 Å². The van der Waals surface area contributed by atoms with Gasteiger partial charge in [0.25, 0.3) is 11.8 Å². The SMILES string of the molecule is O=C(CC(=O)c1ccc(C(F)(F)F)cc1)C(=O)NC1CCC(NC(=O)C(=O)CC(=O)c2ccc(C(F)(F)F)cc2)CC1. The molecule has 1 saturated carbocycles. The number of hydrogen-bond acceptors (Lipinski definition) is 6. The van der Waals surface area contributed by atoms with Crippen molar-refractivity contribution >= 4 is 34.9 Å². The Balaban J connectivity index is 1.40. The Bertz CT molecular complexity index is 1250. The van der Waals surface area contributed by atoms with Crippen LogP contribution >= 0.6 is 0 Å². The van der Waals surface area contributed by atoms with E-state index in [1.54, 1.807) is 0 Å². The first-order valence-corrected chi connectivity index (χ1v) is 12.6. The molecule has 0 radical (unpaired) electrons. The molecule has 2 aromatic rings. The van der Waals surface area contributed by atoms with Crippen molar-refractivity contribution in [2.24, 2.45) is 0 Å². The van der Waals surface area contributed by atoms with Crippen LogP contribution in [0.2, 0.25) is 0 Å². The molecule has 1 aliphatic rings. The van der Waals surface area contributed by atoms with Crippen molar-refractivity contribution < 1.29 is 55.1 Å². The van der Waals surface area contributed by atoms with Gasteiger partial charge in [0.05, 0.1) is 24.0 Å². The zero-order valence-electron chi connectivity index (χ0n) is 21.7. The third kappa shape index (κ3) is 8.82. The first-order chi connectivity index (χ1) is 19.5. The van der Waals surface area contributed by atoms with Crippen molar-refractivity contribution in [1.29, 1.82) is 0 Å². The average molecular weight is 598 g/mol. The minimum absolute atomic E-state index is 0.156. The lowest BCUT2D eigenvalue weighted by atomic mass is 9.90. The molecule has 0 spiro atoms. The molecular formula is C28H24F6N2O6. The van der Waals surface area contributed by atoms with Gasteiger partial charge >= 0.3 is 12.4 Å². The van der Waals surface area contributed by atoms with Crippen LogP contribution in [0.1, 0.15) is 70.4 Å². The molecule has 2 N–H and O–H groups in total. The zero-order chi connectivity index (χ0) is 31.2. The van der Waals surface area contributed by atoms with Crippen LogP contribution in [0.15, 0.2) is 48.5 Å². The number of benzene rings is 2. The van der Waals surface area contributed by atoms with E-state index in [1.165, 1.54) is 0 Å². The number of carbonyl (C=O) groups excluding carboxylic acids is 6. The van der Waals surface area contributed by atoms with E-state index >= 15 is 0 Å². The average Bonchev–Trinajstić information content (AvgIpc) is 2.93. The summed E-state index contributed by atoms with van der Waals surface area (Å²) in [4.78, 5) is 73.2. The van der Waals surface area contributed by atoms with Gasteiger partial charge in [0, 0.05) is 23.2 Å². The Morgan fingerprint density at radius 1 is 0.548 bits per heavy atom. The van der Waals surface area contributed by atoms with Crippen molar-refractivity contribution in [3.05, 3.63) is 70.8 Å². The zero-order valence-corrected chi connectivity index (χ0v) is 21.7. The van der Waals surface area contributed by atoms with Gasteiger partial charge in [-0.25, -0.2) is 0 Å². The van der Waals surface area contributed by atoms with E-state index in [9.17, 15) is 55.1 Å². The number of rotatable bonds is 10. The fourth-order valence-corrected chi connectivity index (χ4v) is 4.26. The van der Waals surface area contributed by atoms with E-state index in [0.29, 0.717) is 49.9 Å². The number of ketones is 4. The second-order valence-corrected chi connectivity index (χ2v) is 9.69. The van der Waals surface area contributed by atoms with E-state index < -0.39 is 83.4 Å². The maximum Gasteiger partial charge on any atom is 0.416 e. The highest BCUT2D eigenvalue weighted by Gasteiger charge is 2.32. The first kappa shape index (κ1) is 32.2. The molecule has 0 unspecified atom stereocenters. The topological polar surface area (TPSA) is 126 Å². The van der Waals surface area contributed by atoms with Crippen molar-refractivity contribution in [2.75, 3.05) is 0 Å². The molecule has 2 aromatic carbocycles. The summed E-state index contributed by atoms with van der Waals surface area (Å²) in [6, 6.07) is 5.49. The third-order valence-electron chi connectivity index (χ3n) is 6.61. The normalized spacial score (nSPS) is 17.2. The highest BCUT2D eigenvalue weighted by atomic mass is 19.4. The molecular weight excluding hydrogens is 574 g/mol. The highest BCUT2D eigenvalue weighted by Crippen LogP contribution is 2.30. The van der Waals surface area contributed by atoms with Gasteiger partial charge in [-0.1, -0.05) is 24.3 Å². The minimum Gasteiger partial charge on any atom is -0.347 e. The fourth-order valence-electron chi connectivity index (χ4n) is 4.26. The largest absolute Gasteiger partial charge is 0.416 e. The van der Waals surface area contributed by atoms with Crippen molar-refractivity contribution in [3.63, 3.8) is 0 Å². The monoisotopic (exact) mass is 598 g/mol. The standard InChI is InChI=1S/C28H24F6N2O6/c29-27(30,31)17-5-1-15(2-6-17)21(37)13-23(39)25(41)35-19-9-11-20(12-10-19)36-26(42)24(40)14-22(38)16-3-7-18(8-4-16)28(32,33)34/h1-8,19-20H,9-14H2,(H,35,41)(H,36,42). The second-order valence-electron chi connectivity index (χ2n) is 9.69. The second kappa shape index (κ2) is 13.1. The lowest BCUT2D eigenvalue weighted by Crippen LogP contribution is -2.47. The number of alkyl halides is 6. The Hall–Kier alpha value is -4.36. The van der Waals surface area contributed by atoms with Gasteiger partial charge in [-0.05, 0) is 49.9 Å². The van der Waals surface area contributed by atoms with E-state index in [-0.39, 0.29) is 11.1 Å². The van der Waals surface area contributed by atoms with Gasteiger partial charge in [0.15, 0.2) is 11.6 Å². The van der Waals surface area contributed by atoms with Gasteiger partial charge in [-0.2, -0.15) is 26.3 Å². The molecule has 1 aliphatic carbocycles. The fraction of sp³-hybridized carbons (Fsp3) is 0.357. The van der Waals surface area contributed by atoms with Crippen molar-refractivity contribution in [3.8, 4) is 0 Å². The number of halogens is 6. The summed E-state index contributed by atoms with van der Waals surface area (Å²) in [6.45, 7) is 0. The van der Waals surface area contributed by atoms with E-state index in [2.05, 4.69) is 10.6 Å². The molecule has 1 fully saturated rings. The first-order valence-electron chi connectivity index (χ1n) is 12.6. The minimum atomic E-state index is -4.59. The Labute approximate surface area is 234 Å². The van der Waals surface area contributed by atoms with Crippen molar-refractivity contribution in [2.45, 2.75) is 63.0 Å². The van der Waals surface area contributed by atoms with E-state index in [4.69, 9.17) is 0 Å². The molecule has 0 heterocycles. The van der Waals surface area contributed by atoms with E-state index in [1.807, 2.05) is 0 Å². The molecule has 0 aromatic heterocycles. The Morgan fingerprint density at radius 3 is 1.10 bits per heavy atom. The molecule has 0 aliphatic heterocycles. The van der Waals surface area contributed by atoms with Gasteiger partial charge in [0.1, 0.15) is 0 Å². The van der Waals surface area contributed by atoms with Crippen LogP contribution in [0.5, 0.6) is 0 Å². The predicted molar refractivity (Wildman–Crippen MR) is 133 cm³/mol. The lowest BCUT2D eigenvalue weighted by Gasteiger charge is -2.29. The van der Waals surface area contributed by atoms with Crippen molar-refractivity contribution in [1.82, 2.24) is 10.6 Å². The highest BCUT2D eigenvalue weighted by molar-refractivity contribution is 6.40. The quantitative estimate of drug-likeness (QED) is 0.182. The Kier molecular flexibility index (Phi) is 10.0. The summed E-state index contributed by atoms with van der Waals surface area (Å²) in [7, 11) is 0. The molecule has 8 nitrogen and oxygen atoms in total.